The van der Waals surface area contributed by atoms with Crippen LogP contribution in [0, 0.1) is 34.5 Å². The number of morpholine rings is 1. The maximum Gasteiger partial charge on any atom is 0.362 e. The van der Waals surface area contributed by atoms with Crippen LogP contribution in [0.15, 0.2) is 42.0 Å². The topological polar surface area (TPSA) is 149 Å². The number of benzene rings is 1. The van der Waals surface area contributed by atoms with E-state index in [1.165, 1.54) is 6.29 Å². The van der Waals surface area contributed by atoms with E-state index < -0.39 is 22.9 Å². The largest absolute Gasteiger partial charge is 0.461 e. The van der Waals surface area contributed by atoms with Crippen LogP contribution in [-0.4, -0.2) is 108 Å². The van der Waals surface area contributed by atoms with Gasteiger partial charge in [-0.25, -0.2) is 9.59 Å². The Bertz CT molecular complexity index is 1680. The first-order valence-electron chi connectivity index (χ1n) is 20.1. The first-order valence-corrected chi connectivity index (χ1v) is 20.1. The molecule has 3 saturated heterocycles. The third-order valence-corrected chi connectivity index (χ3v) is 16.3. The van der Waals surface area contributed by atoms with E-state index in [1.54, 1.807) is 6.08 Å². The van der Waals surface area contributed by atoms with Crippen molar-refractivity contribution in [3.63, 3.8) is 0 Å². The number of piperidine rings is 1. The van der Waals surface area contributed by atoms with E-state index >= 15 is 0 Å². The number of aldehydes is 1. The fourth-order valence-corrected chi connectivity index (χ4v) is 13.5. The van der Waals surface area contributed by atoms with Gasteiger partial charge < -0.3 is 38.4 Å². The standard InChI is InChI=1S/C42H54NO10/c1-40-13-11-31-32(42(40,49)15-12-30(40)25-16-35(46)50-22-25)9-8-26-17-27(10-14-41(26,31)23-45)51-36(47)20-43(2)33-18-28(19-34(43)38-37(33)53-38)52-39(48)29(21-44)24-6-4-3-5-7-24/h3-7,16,23,26-34,37-38,44,49H,8-15,17-22H2,1-2H3/q+1/t26-,27+,28?,29-,30-,31+,32-,33+,34+,37-,38-,40-,41-,42+,43?/m1/s1. The summed E-state index contributed by atoms with van der Waals surface area (Å²) < 4.78 is 24.1. The van der Waals surface area contributed by atoms with Crippen molar-refractivity contribution in [1.29, 1.82) is 0 Å². The SMILES string of the molecule is C[C@]12CC[C@H]3[C@@H](CC[C@@H]4C[C@@H](OC(=O)C[N+]5(C)[C@H]6CC(OC(=O)[C@H](CO)c7ccccc7)C[C@H]5[C@H]5O[C@@H]56)CC[C@@]43C=O)[C@@]1(O)CC[C@@H]2C1=CC(=O)OC1. The Balaban J connectivity index is 0.830. The number of hydrogen-bond acceptors (Lipinski definition) is 10. The van der Waals surface area contributed by atoms with Gasteiger partial charge in [-0.2, -0.15) is 0 Å². The summed E-state index contributed by atoms with van der Waals surface area (Å²) in [6.07, 6.45) is 10.3. The van der Waals surface area contributed by atoms with Crippen molar-refractivity contribution in [1.82, 2.24) is 0 Å². The number of aliphatic hydroxyl groups excluding tert-OH is 1. The number of carbonyl (C=O) groups is 4. The van der Waals surface area contributed by atoms with Crippen LogP contribution in [0.1, 0.15) is 89.0 Å². The quantitative estimate of drug-likeness (QED) is 0.126. The Morgan fingerprint density at radius 1 is 0.962 bits per heavy atom. The smallest absolute Gasteiger partial charge is 0.362 e. The number of epoxide rings is 1. The van der Waals surface area contributed by atoms with Crippen LogP contribution in [0.4, 0.5) is 0 Å². The van der Waals surface area contributed by atoms with Gasteiger partial charge in [0.2, 0.25) is 0 Å². The molecule has 9 rings (SSSR count). The van der Waals surface area contributed by atoms with Gasteiger partial charge in [0, 0.05) is 29.7 Å². The monoisotopic (exact) mass is 732 g/mol. The Hall–Kier alpha value is -3.12. The van der Waals surface area contributed by atoms with Gasteiger partial charge in [0.05, 0.1) is 19.3 Å². The molecule has 286 valence electrons. The molecular formula is C42H54NO10+. The molecule has 11 heteroatoms. The van der Waals surface area contributed by atoms with Gasteiger partial charge in [-0.05, 0) is 92.6 Å². The number of rotatable bonds is 9. The predicted octanol–water partition coefficient (Wildman–Crippen LogP) is 3.78. The summed E-state index contributed by atoms with van der Waals surface area (Å²) in [5.74, 6) is -1.36. The van der Waals surface area contributed by atoms with E-state index in [9.17, 15) is 29.4 Å². The van der Waals surface area contributed by atoms with Crippen molar-refractivity contribution in [3.05, 3.63) is 47.5 Å². The van der Waals surface area contributed by atoms with Crippen LogP contribution in [-0.2, 0) is 38.1 Å². The molecule has 0 amide bonds. The Morgan fingerprint density at radius 3 is 2.40 bits per heavy atom. The van der Waals surface area contributed by atoms with E-state index in [2.05, 4.69) is 14.0 Å². The summed E-state index contributed by atoms with van der Waals surface area (Å²) in [6, 6.07) is 9.21. The van der Waals surface area contributed by atoms with Gasteiger partial charge in [0.1, 0.15) is 55.3 Å². The minimum Gasteiger partial charge on any atom is -0.461 e. The zero-order valence-corrected chi connectivity index (χ0v) is 30.9. The molecule has 0 radical (unpaired) electrons. The summed E-state index contributed by atoms with van der Waals surface area (Å²) in [5, 5.41) is 22.5. The summed E-state index contributed by atoms with van der Waals surface area (Å²) >= 11 is 0. The fourth-order valence-electron chi connectivity index (χ4n) is 13.5. The van der Waals surface area contributed by atoms with Gasteiger partial charge in [0.15, 0.2) is 6.54 Å². The third kappa shape index (κ3) is 5.34. The predicted molar refractivity (Wildman–Crippen MR) is 189 cm³/mol. The van der Waals surface area contributed by atoms with Crippen molar-refractivity contribution in [2.24, 2.45) is 34.5 Å². The number of quaternary nitrogens is 1. The lowest BCUT2D eigenvalue weighted by atomic mass is 9.43. The molecule has 2 bridgehead atoms. The molecule has 7 fully saturated rings. The second-order valence-electron chi connectivity index (χ2n) is 18.3. The average molecular weight is 733 g/mol. The first kappa shape index (κ1) is 35.6. The zero-order chi connectivity index (χ0) is 36.9. The summed E-state index contributed by atoms with van der Waals surface area (Å²) in [4.78, 5) is 52.0. The van der Waals surface area contributed by atoms with Crippen LogP contribution in [0.5, 0.6) is 0 Å². The second-order valence-corrected chi connectivity index (χ2v) is 18.3. The van der Waals surface area contributed by atoms with Crippen LogP contribution < -0.4 is 0 Å². The number of fused-ring (bicyclic) bond motifs is 10. The van der Waals surface area contributed by atoms with Gasteiger partial charge in [0.25, 0.3) is 0 Å². The lowest BCUT2D eigenvalue weighted by molar-refractivity contribution is -0.949. The summed E-state index contributed by atoms with van der Waals surface area (Å²) in [6.45, 7) is 2.41. The molecule has 4 aliphatic carbocycles. The highest BCUT2D eigenvalue weighted by Crippen LogP contribution is 2.69. The number of likely N-dealkylation sites (N-methyl/N-ethyl adjacent to an activating group) is 1. The van der Waals surface area contributed by atoms with Crippen LogP contribution in [0.2, 0.25) is 0 Å². The van der Waals surface area contributed by atoms with Gasteiger partial charge >= 0.3 is 17.9 Å². The normalized spacial score (nSPS) is 46.8. The van der Waals surface area contributed by atoms with Crippen molar-refractivity contribution < 1.29 is 52.8 Å². The maximum atomic E-state index is 13.7. The van der Waals surface area contributed by atoms with E-state index in [1.807, 2.05) is 30.3 Å². The molecule has 1 aromatic carbocycles. The molecule has 4 heterocycles. The number of ether oxygens (including phenoxy) is 4. The lowest BCUT2D eigenvalue weighted by Gasteiger charge is -2.63. The average Bonchev–Trinajstić information content (AvgIpc) is 3.69. The molecule has 8 aliphatic rings. The van der Waals surface area contributed by atoms with Crippen LogP contribution >= 0.6 is 0 Å². The highest BCUT2D eigenvalue weighted by Gasteiger charge is 2.73. The molecule has 0 aromatic heterocycles. The Morgan fingerprint density at radius 2 is 1.72 bits per heavy atom. The molecule has 1 aromatic rings. The van der Waals surface area contributed by atoms with E-state index in [4.69, 9.17) is 18.9 Å². The number of hydrogen-bond donors (Lipinski definition) is 2. The van der Waals surface area contributed by atoms with Crippen molar-refractivity contribution in [3.8, 4) is 0 Å². The molecule has 2 N–H and O–H groups in total. The van der Waals surface area contributed by atoms with Gasteiger partial charge in [-0.1, -0.05) is 37.3 Å². The van der Waals surface area contributed by atoms with E-state index in [-0.39, 0.29) is 90.7 Å². The highest BCUT2D eigenvalue weighted by molar-refractivity contribution is 5.85. The number of aliphatic hydroxyl groups is 2. The minimum absolute atomic E-state index is 0.00805. The van der Waals surface area contributed by atoms with Gasteiger partial charge in [-0.3, -0.25) is 4.79 Å². The molecule has 13 atom stereocenters. The molecule has 0 spiro atoms. The number of cyclic esters (lactones) is 1. The number of esters is 3. The lowest BCUT2D eigenvalue weighted by Crippen LogP contribution is -2.64. The molecule has 53 heavy (non-hydrogen) atoms. The molecule has 4 saturated carbocycles. The zero-order valence-electron chi connectivity index (χ0n) is 30.9. The van der Waals surface area contributed by atoms with Crippen molar-refractivity contribution in [2.45, 2.75) is 126 Å². The third-order valence-electron chi connectivity index (χ3n) is 16.3. The second kappa shape index (κ2) is 12.7. The molecule has 4 aliphatic heterocycles. The minimum atomic E-state index is -0.895. The van der Waals surface area contributed by atoms with Crippen LogP contribution in [0.25, 0.3) is 0 Å². The Labute approximate surface area is 310 Å². The van der Waals surface area contributed by atoms with E-state index in [0.717, 1.165) is 43.2 Å². The molecular weight excluding hydrogens is 678 g/mol. The van der Waals surface area contributed by atoms with Crippen molar-refractivity contribution in [2.75, 3.05) is 26.8 Å². The van der Waals surface area contributed by atoms with Crippen LogP contribution in [0.3, 0.4) is 0 Å². The van der Waals surface area contributed by atoms with Crippen molar-refractivity contribution >= 4 is 24.2 Å². The summed E-state index contributed by atoms with van der Waals surface area (Å²) in [5.41, 5.74) is -0.0540. The Kier molecular flexibility index (Phi) is 8.53. The van der Waals surface area contributed by atoms with E-state index in [0.29, 0.717) is 49.6 Å². The maximum absolute atomic E-state index is 13.7. The first-order chi connectivity index (χ1) is 25.4. The fraction of sp³-hybridized carbons (Fsp3) is 0.714. The number of nitrogens with zero attached hydrogens (tertiary/aromatic N) is 1. The number of carbonyl (C=O) groups excluding carboxylic acids is 4. The van der Waals surface area contributed by atoms with Gasteiger partial charge in [-0.15, -0.1) is 0 Å². The summed E-state index contributed by atoms with van der Waals surface area (Å²) in [7, 11) is 2.10. The molecule has 11 nitrogen and oxygen atoms in total. The highest BCUT2D eigenvalue weighted by atomic mass is 16.6. The molecule has 0 unspecified atom stereocenters.